The van der Waals surface area contributed by atoms with Gasteiger partial charge in [-0.05, 0) is 40.0 Å². The van der Waals surface area contributed by atoms with Gasteiger partial charge in [0.05, 0.1) is 24.1 Å². The van der Waals surface area contributed by atoms with Crippen molar-refractivity contribution in [2.45, 2.75) is 69.5 Å². The second-order valence-corrected chi connectivity index (χ2v) is 9.96. The Bertz CT molecular complexity index is 617. The zero-order chi connectivity index (χ0) is 19.0. The van der Waals surface area contributed by atoms with Crippen molar-refractivity contribution in [3.05, 3.63) is 11.6 Å². The highest BCUT2D eigenvalue weighted by molar-refractivity contribution is 14.1. The number of rotatable bonds is 7. The lowest BCUT2D eigenvalue weighted by Gasteiger charge is -2.48. The normalized spacial score (nSPS) is 41.4. The molecule has 2 aliphatic rings. The van der Waals surface area contributed by atoms with Crippen LogP contribution in [0.1, 0.15) is 40.0 Å². The molecule has 1 heterocycles. The van der Waals surface area contributed by atoms with Gasteiger partial charge in [0.2, 0.25) is 0 Å². The van der Waals surface area contributed by atoms with Gasteiger partial charge in [0.15, 0.2) is 0 Å². The molecule has 1 aliphatic carbocycles. The summed E-state index contributed by atoms with van der Waals surface area (Å²) in [4.78, 5) is 0. The Kier molecular flexibility index (Phi) is 6.65. The molecule has 0 amide bonds. The minimum Gasteiger partial charge on any atom is -0.389 e. The van der Waals surface area contributed by atoms with Crippen LogP contribution in [-0.4, -0.2) is 60.8 Å². The maximum absolute atomic E-state index is 11.6. The molecule has 25 heavy (non-hydrogen) atoms. The third-order valence-electron chi connectivity index (χ3n) is 5.27. The molecular weight excluding hydrogens is 459 g/mol. The van der Waals surface area contributed by atoms with E-state index in [0.717, 1.165) is 12.7 Å². The topological polar surface area (TPSA) is 85.4 Å². The number of hydrogen-bond donors (Lipinski definition) is 1. The smallest absolute Gasteiger partial charge is 0.264 e. The highest BCUT2D eigenvalue weighted by atomic mass is 127. The van der Waals surface area contributed by atoms with Crippen LogP contribution in [0.25, 0.3) is 0 Å². The first-order valence-electron chi connectivity index (χ1n) is 8.47. The van der Waals surface area contributed by atoms with Gasteiger partial charge in [-0.15, -0.1) is 0 Å². The van der Waals surface area contributed by atoms with Gasteiger partial charge in [0, 0.05) is 17.5 Å². The van der Waals surface area contributed by atoms with E-state index < -0.39 is 33.5 Å². The largest absolute Gasteiger partial charge is 0.389 e. The number of hydrogen-bond acceptors (Lipinski definition) is 6. The number of halogens is 1. The molecule has 1 aliphatic heterocycles. The molecule has 0 aromatic rings. The lowest BCUT2D eigenvalue weighted by Crippen LogP contribution is -2.61. The maximum Gasteiger partial charge on any atom is 0.264 e. The first kappa shape index (κ1) is 21.6. The van der Waals surface area contributed by atoms with Crippen LogP contribution in [0.15, 0.2) is 11.6 Å². The third-order valence-corrected chi connectivity index (χ3v) is 7.19. The fraction of sp³-hybridized carbons (Fsp3) is 0.882. The van der Waals surface area contributed by atoms with E-state index in [1.54, 1.807) is 0 Å². The average molecular weight is 488 g/mol. The molecule has 0 aromatic carbocycles. The Balaban J connectivity index is 2.30. The quantitative estimate of drug-likeness (QED) is 0.195. The summed E-state index contributed by atoms with van der Waals surface area (Å²) < 4.78 is 40.7. The Morgan fingerprint density at radius 3 is 2.56 bits per heavy atom. The monoisotopic (exact) mass is 488 g/mol. The Morgan fingerprint density at radius 2 is 2.08 bits per heavy atom. The van der Waals surface area contributed by atoms with Crippen LogP contribution in [0.3, 0.4) is 0 Å². The SMILES string of the molecule is COC1C(OS(C)(=O)=O)CCC(O)(CI)C1C1(C)OC1CC=C(C)C. The van der Waals surface area contributed by atoms with E-state index >= 15 is 0 Å². The van der Waals surface area contributed by atoms with Crippen molar-refractivity contribution in [3.8, 4) is 0 Å². The van der Waals surface area contributed by atoms with E-state index in [-0.39, 0.29) is 12.0 Å². The van der Waals surface area contributed by atoms with Crippen molar-refractivity contribution >= 4 is 32.7 Å². The van der Waals surface area contributed by atoms with E-state index in [0.29, 0.717) is 17.3 Å². The van der Waals surface area contributed by atoms with Crippen molar-refractivity contribution in [2.24, 2.45) is 5.92 Å². The Labute approximate surface area is 164 Å². The van der Waals surface area contributed by atoms with Crippen LogP contribution >= 0.6 is 22.6 Å². The summed E-state index contributed by atoms with van der Waals surface area (Å²) in [6, 6.07) is 0. The molecule has 1 saturated heterocycles. The number of methoxy groups -OCH3 is 1. The predicted octanol–water partition coefficient (Wildman–Crippen LogP) is 2.44. The van der Waals surface area contributed by atoms with Crippen LogP contribution in [-0.2, 0) is 23.8 Å². The molecule has 0 radical (unpaired) electrons. The summed E-state index contributed by atoms with van der Waals surface area (Å²) in [6.07, 6.45) is 3.63. The van der Waals surface area contributed by atoms with Gasteiger partial charge < -0.3 is 14.6 Å². The summed E-state index contributed by atoms with van der Waals surface area (Å²) in [7, 11) is -2.07. The van der Waals surface area contributed by atoms with E-state index in [2.05, 4.69) is 28.7 Å². The van der Waals surface area contributed by atoms with Crippen molar-refractivity contribution < 1.29 is 27.2 Å². The van der Waals surface area contributed by atoms with E-state index in [1.807, 2.05) is 20.8 Å². The average Bonchev–Trinajstić information content (AvgIpc) is 3.16. The van der Waals surface area contributed by atoms with Crippen molar-refractivity contribution in [2.75, 3.05) is 17.8 Å². The Morgan fingerprint density at radius 1 is 1.44 bits per heavy atom. The van der Waals surface area contributed by atoms with Gasteiger partial charge in [-0.3, -0.25) is 4.18 Å². The fourth-order valence-corrected chi connectivity index (χ4v) is 5.54. The minimum absolute atomic E-state index is 0.0171. The van der Waals surface area contributed by atoms with E-state index in [4.69, 9.17) is 13.7 Å². The van der Waals surface area contributed by atoms with Crippen molar-refractivity contribution in [1.29, 1.82) is 0 Å². The van der Waals surface area contributed by atoms with Gasteiger partial charge in [-0.25, -0.2) is 0 Å². The fourth-order valence-electron chi connectivity index (χ4n) is 4.03. The van der Waals surface area contributed by atoms with Crippen LogP contribution in [0, 0.1) is 5.92 Å². The summed E-state index contributed by atoms with van der Waals surface area (Å²) in [5.74, 6) is -0.363. The standard InChI is InChI=1S/C17H29IO6S/c1-11(2)6-7-13-16(3,23-13)15-14(22-4)12(24-25(5,20)21)8-9-17(15,19)10-18/h6,12-15,19H,7-10H2,1-5H3. The van der Waals surface area contributed by atoms with Gasteiger partial charge in [0.25, 0.3) is 10.1 Å². The van der Waals surface area contributed by atoms with Crippen LogP contribution in [0.4, 0.5) is 0 Å². The zero-order valence-corrected chi connectivity index (χ0v) is 18.5. The number of aliphatic hydroxyl groups is 1. The number of alkyl halides is 1. The lowest BCUT2D eigenvalue weighted by molar-refractivity contribution is -0.161. The maximum atomic E-state index is 11.6. The third kappa shape index (κ3) is 4.76. The molecule has 1 N–H and O–H groups in total. The molecule has 8 heteroatoms. The lowest BCUT2D eigenvalue weighted by atomic mass is 9.66. The molecular formula is C17H29IO6S. The minimum atomic E-state index is -3.61. The zero-order valence-electron chi connectivity index (χ0n) is 15.5. The molecule has 0 aromatic heterocycles. The molecule has 6 unspecified atom stereocenters. The summed E-state index contributed by atoms with van der Waals surface area (Å²) >= 11 is 2.18. The Hall–Kier alpha value is 0.260. The number of ether oxygens (including phenoxy) is 2. The van der Waals surface area contributed by atoms with Crippen molar-refractivity contribution in [3.63, 3.8) is 0 Å². The highest BCUT2D eigenvalue weighted by Gasteiger charge is 2.67. The molecule has 6 atom stereocenters. The summed E-state index contributed by atoms with van der Waals surface area (Å²) in [5, 5.41) is 11.2. The summed E-state index contributed by atoms with van der Waals surface area (Å²) in [6.45, 7) is 6.05. The number of allylic oxidation sites excluding steroid dienone is 1. The van der Waals surface area contributed by atoms with Crippen LogP contribution < -0.4 is 0 Å². The van der Waals surface area contributed by atoms with Gasteiger partial charge in [0.1, 0.15) is 11.7 Å². The van der Waals surface area contributed by atoms with Gasteiger partial charge in [-0.1, -0.05) is 34.2 Å². The number of epoxide rings is 1. The molecule has 0 bridgehead atoms. The molecule has 146 valence electrons. The van der Waals surface area contributed by atoms with Gasteiger partial charge in [-0.2, -0.15) is 8.42 Å². The van der Waals surface area contributed by atoms with E-state index in [9.17, 15) is 13.5 Å². The van der Waals surface area contributed by atoms with Crippen molar-refractivity contribution in [1.82, 2.24) is 0 Å². The predicted molar refractivity (Wildman–Crippen MR) is 104 cm³/mol. The molecule has 0 spiro atoms. The molecule has 1 saturated carbocycles. The van der Waals surface area contributed by atoms with E-state index in [1.165, 1.54) is 12.7 Å². The van der Waals surface area contributed by atoms with Crippen LogP contribution in [0.5, 0.6) is 0 Å². The second kappa shape index (κ2) is 7.71. The van der Waals surface area contributed by atoms with Gasteiger partial charge >= 0.3 is 0 Å². The second-order valence-electron chi connectivity index (χ2n) is 7.60. The molecule has 2 fully saturated rings. The first-order chi connectivity index (χ1) is 11.5. The molecule has 2 rings (SSSR count). The first-order valence-corrected chi connectivity index (χ1v) is 11.8. The summed E-state index contributed by atoms with van der Waals surface area (Å²) in [5.41, 5.74) is -0.327. The molecule has 6 nitrogen and oxygen atoms in total. The van der Waals surface area contributed by atoms with Crippen LogP contribution in [0.2, 0.25) is 0 Å². The highest BCUT2D eigenvalue weighted by Crippen LogP contribution is 2.55.